The molecule has 136 valence electrons. The summed E-state index contributed by atoms with van der Waals surface area (Å²) in [6, 6.07) is 3.38. The fraction of sp³-hybridized carbons (Fsp3) is 0.529. The van der Waals surface area contributed by atoms with Gasteiger partial charge in [-0.3, -0.25) is 9.13 Å². The molecule has 3 rings (SSSR count). The van der Waals surface area contributed by atoms with E-state index in [1.165, 1.54) is 0 Å². The molecule has 2 amide bonds. The molecule has 2 heterocycles. The van der Waals surface area contributed by atoms with Crippen molar-refractivity contribution in [3.63, 3.8) is 0 Å². The Morgan fingerprint density at radius 1 is 1.28 bits per heavy atom. The Kier molecular flexibility index (Phi) is 4.47. The van der Waals surface area contributed by atoms with Crippen LogP contribution >= 0.6 is 0 Å². The molecule has 1 fully saturated rings. The van der Waals surface area contributed by atoms with E-state index in [0.717, 1.165) is 29.6 Å². The zero-order valence-electron chi connectivity index (χ0n) is 15.1. The van der Waals surface area contributed by atoms with Crippen molar-refractivity contribution in [1.82, 2.24) is 14.0 Å². The van der Waals surface area contributed by atoms with Gasteiger partial charge in [0.2, 0.25) is 0 Å². The Hall–Kier alpha value is -2.48. The highest BCUT2D eigenvalue weighted by atomic mass is 16.3. The number of nitrogens with zero attached hydrogens (tertiary/aromatic N) is 4. The van der Waals surface area contributed by atoms with Crippen LogP contribution in [-0.4, -0.2) is 58.5 Å². The van der Waals surface area contributed by atoms with Crippen LogP contribution in [-0.2, 0) is 14.1 Å². The average molecular weight is 347 g/mol. The molecule has 1 aliphatic heterocycles. The van der Waals surface area contributed by atoms with Crippen molar-refractivity contribution in [3.05, 3.63) is 22.6 Å². The summed E-state index contributed by atoms with van der Waals surface area (Å²) in [5, 5.41) is 12.4. The smallest absolute Gasteiger partial charge is 0.328 e. The van der Waals surface area contributed by atoms with Crippen molar-refractivity contribution >= 4 is 28.4 Å². The number of likely N-dealkylation sites (tertiary alicyclic amines) is 1. The van der Waals surface area contributed by atoms with Crippen LogP contribution in [0.5, 0.6) is 0 Å². The Morgan fingerprint density at radius 2 is 1.92 bits per heavy atom. The summed E-state index contributed by atoms with van der Waals surface area (Å²) in [6.45, 7) is 0.612. The maximum absolute atomic E-state index is 12.7. The molecule has 2 N–H and O–H groups in total. The van der Waals surface area contributed by atoms with Crippen molar-refractivity contribution in [1.29, 1.82) is 0 Å². The number of anilines is 2. The van der Waals surface area contributed by atoms with Crippen LogP contribution in [0.3, 0.4) is 0 Å². The number of carbonyl (C=O) groups is 1. The maximum atomic E-state index is 12.7. The maximum Gasteiger partial charge on any atom is 0.328 e. The van der Waals surface area contributed by atoms with E-state index in [1.54, 1.807) is 28.1 Å². The first kappa shape index (κ1) is 17.3. The minimum Gasteiger partial charge on any atom is -0.394 e. The van der Waals surface area contributed by atoms with E-state index < -0.39 is 0 Å². The molecule has 0 spiro atoms. The number of aromatic nitrogens is 2. The van der Waals surface area contributed by atoms with Crippen LogP contribution in [0.15, 0.2) is 16.9 Å². The van der Waals surface area contributed by atoms with E-state index in [1.807, 2.05) is 31.1 Å². The van der Waals surface area contributed by atoms with Crippen molar-refractivity contribution in [2.24, 2.45) is 14.1 Å². The van der Waals surface area contributed by atoms with Gasteiger partial charge < -0.3 is 20.2 Å². The minimum absolute atomic E-state index is 0.0276. The lowest BCUT2D eigenvalue weighted by Crippen LogP contribution is -2.40. The van der Waals surface area contributed by atoms with Gasteiger partial charge in [-0.15, -0.1) is 0 Å². The summed E-state index contributed by atoms with van der Waals surface area (Å²) in [6.07, 6.45) is 1.71. The molecule has 0 aliphatic carbocycles. The van der Waals surface area contributed by atoms with Crippen LogP contribution in [0, 0.1) is 0 Å². The van der Waals surface area contributed by atoms with Crippen LogP contribution < -0.4 is 15.9 Å². The average Bonchev–Trinajstić information content (AvgIpc) is 3.14. The molecule has 0 radical (unpaired) electrons. The number of benzene rings is 1. The van der Waals surface area contributed by atoms with Gasteiger partial charge in [-0.05, 0) is 25.0 Å². The van der Waals surface area contributed by atoms with E-state index in [2.05, 4.69) is 5.32 Å². The molecule has 0 unspecified atom stereocenters. The highest BCUT2D eigenvalue weighted by Crippen LogP contribution is 2.30. The first-order valence-electron chi connectivity index (χ1n) is 8.40. The molecular formula is C17H25N5O3. The molecule has 1 saturated heterocycles. The largest absolute Gasteiger partial charge is 0.394 e. The molecule has 25 heavy (non-hydrogen) atoms. The van der Waals surface area contributed by atoms with Gasteiger partial charge in [0.25, 0.3) is 0 Å². The molecule has 0 saturated carbocycles. The topological polar surface area (TPSA) is 82.7 Å². The molecule has 1 aromatic heterocycles. The van der Waals surface area contributed by atoms with E-state index in [9.17, 15) is 14.7 Å². The first-order chi connectivity index (χ1) is 11.8. The van der Waals surface area contributed by atoms with Crippen molar-refractivity contribution in [2.45, 2.75) is 18.9 Å². The molecule has 1 atom stereocenters. The van der Waals surface area contributed by atoms with Crippen LogP contribution in [0.1, 0.15) is 12.8 Å². The summed E-state index contributed by atoms with van der Waals surface area (Å²) in [7, 11) is 7.24. The lowest BCUT2D eigenvalue weighted by molar-refractivity contribution is 0.166. The standard InChI is InChI=1S/C17H25N5O3/c1-19(2)13-9-15-14(20(3)17(25)21(15)4)8-12(13)18-16(24)22-7-5-6-11(22)10-23/h8-9,11,23H,5-7,10H2,1-4H3,(H,18,24)/t11-/m0/s1. The Bertz CT molecular complexity index is 867. The summed E-state index contributed by atoms with van der Waals surface area (Å²) in [4.78, 5) is 28.4. The summed E-state index contributed by atoms with van der Waals surface area (Å²) >= 11 is 0. The number of imidazole rings is 1. The van der Waals surface area contributed by atoms with Gasteiger partial charge in [-0.25, -0.2) is 9.59 Å². The number of fused-ring (bicyclic) bond motifs is 1. The van der Waals surface area contributed by atoms with E-state index in [0.29, 0.717) is 12.2 Å². The van der Waals surface area contributed by atoms with E-state index >= 15 is 0 Å². The van der Waals surface area contributed by atoms with Crippen molar-refractivity contribution in [3.8, 4) is 0 Å². The normalized spacial score (nSPS) is 17.3. The number of aliphatic hydroxyl groups is 1. The number of hydrogen-bond acceptors (Lipinski definition) is 4. The third-order valence-corrected chi connectivity index (χ3v) is 4.96. The van der Waals surface area contributed by atoms with Gasteiger partial charge in [0.1, 0.15) is 0 Å². The van der Waals surface area contributed by atoms with Crippen molar-refractivity contribution in [2.75, 3.05) is 37.5 Å². The number of carbonyl (C=O) groups excluding carboxylic acids is 1. The van der Waals surface area contributed by atoms with Gasteiger partial charge >= 0.3 is 11.7 Å². The quantitative estimate of drug-likeness (QED) is 0.865. The second-order valence-electron chi connectivity index (χ2n) is 6.76. The summed E-state index contributed by atoms with van der Waals surface area (Å²) < 4.78 is 3.16. The molecule has 0 bridgehead atoms. The zero-order chi connectivity index (χ0) is 18.3. The third-order valence-electron chi connectivity index (χ3n) is 4.96. The molecule has 1 aromatic carbocycles. The van der Waals surface area contributed by atoms with Crippen LogP contribution in [0.4, 0.5) is 16.2 Å². The highest BCUT2D eigenvalue weighted by Gasteiger charge is 2.28. The Labute approximate surface area is 146 Å². The molecule has 1 aliphatic rings. The predicted octanol–water partition coefficient (Wildman–Crippen LogP) is 0.932. The van der Waals surface area contributed by atoms with Gasteiger partial charge in [-0.1, -0.05) is 0 Å². The summed E-state index contributed by atoms with van der Waals surface area (Å²) in [5.74, 6) is 0. The second kappa shape index (κ2) is 6.44. The lowest BCUT2D eigenvalue weighted by atomic mass is 10.2. The Balaban J connectivity index is 2.02. The zero-order valence-corrected chi connectivity index (χ0v) is 15.1. The fourth-order valence-electron chi connectivity index (χ4n) is 3.48. The molecular weight excluding hydrogens is 322 g/mol. The molecule has 2 aromatic rings. The predicted molar refractivity (Wildman–Crippen MR) is 98.3 cm³/mol. The lowest BCUT2D eigenvalue weighted by Gasteiger charge is -2.25. The van der Waals surface area contributed by atoms with E-state index in [-0.39, 0.29) is 24.4 Å². The second-order valence-corrected chi connectivity index (χ2v) is 6.76. The van der Waals surface area contributed by atoms with Gasteiger partial charge in [0.15, 0.2) is 0 Å². The minimum atomic E-state index is -0.222. The third kappa shape index (κ3) is 2.86. The monoisotopic (exact) mass is 347 g/mol. The molecule has 8 nitrogen and oxygen atoms in total. The number of rotatable bonds is 3. The van der Waals surface area contributed by atoms with Crippen LogP contribution in [0.2, 0.25) is 0 Å². The number of hydrogen-bond donors (Lipinski definition) is 2. The number of aryl methyl sites for hydroxylation is 2. The molecule has 8 heteroatoms. The summed E-state index contributed by atoms with van der Waals surface area (Å²) in [5.41, 5.74) is 2.93. The van der Waals surface area contributed by atoms with Crippen LogP contribution in [0.25, 0.3) is 11.0 Å². The number of aliphatic hydroxyl groups excluding tert-OH is 1. The van der Waals surface area contributed by atoms with Crippen molar-refractivity contribution < 1.29 is 9.90 Å². The van der Waals surface area contributed by atoms with Gasteiger partial charge in [0, 0.05) is 34.7 Å². The van der Waals surface area contributed by atoms with Gasteiger partial charge in [-0.2, -0.15) is 0 Å². The SMILES string of the molecule is CN(C)c1cc2c(cc1NC(=O)N1CCC[C@H]1CO)n(C)c(=O)n2C. The fourth-order valence-corrected chi connectivity index (χ4v) is 3.48. The number of urea groups is 1. The first-order valence-corrected chi connectivity index (χ1v) is 8.40. The Morgan fingerprint density at radius 3 is 2.52 bits per heavy atom. The number of nitrogens with one attached hydrogen (secondary N) is 1. The highest BCUT2D eigenvalue weighted by molar-refractivity contribution is 5.98. The van der Waals surface area contributed by atoms with Gasteiger partial charge in [0.05, 0.1) is 35.1 Å². The van der Waals surface area contributed by atoms with E-state index in [4.69, 9.17) is 0 Å². The number of amides is 2.